The molecule has 2 rings (SSSR count). The van der Waals surface area contributed by atoms with Gasteiger partial charge in [-0.3, -0.25) is 0 Å². The van der Waals surface area contributed by atoms with Crippen molar-refractivity contribution in [3.63, 3.8) is 0 Å². The van der Waals surface area contributed by atoms with Crippen LogP contribution in [0.4, 0.5) is 0 Å². The van der Waals surface area contributed by atoms with E-state index in [0.29, 0.717) is 11.5 Å². The maximum atomic E-state index is 6.52. The fourth-order valence-electron chi connectivity index (χ4n) is 1.82. The minimum Gasteiger partial charge on any atom is -0.496 e. The number of alkyl halides is 1. The summed E-state index contributed by atoms with van der Waals surface area (Å²) in [6, 6.07) is 7.58. The van der Waals surface area contributed by atoms with E-state index >= 15 is 0 Å². The van der Waals surface area contributed by atoms with Gasteiger partial charge in [-0.15, -0.1) is 22.9 Å². The fraction of sp³-hybridized carbons (Fsp3) is 0.286. The third-order valence-corrected chi connectivity index (χ3v) is 4.37. The molecule has 0 bridgehead atoms. The first-order chi connectivity index (χ1) is 9.21. The number of thiophene rings is 1. The monoisotopic (exact) mass is 298 g/mol. The van der Waals surface area contributed by atoms with Crippen LogP contribution in [0.25, 0.3) is 0 Å². The molecule has 0 N–H and O–H groups in total. The molecule has 0 fully saturated rings. The summed E-state index contributed by atoms with van der Waals surface area (Å²) in [6.07, 6.45) is 0. The highest BCUT2D eigenvalue weighted by Crippen LogP contribution is 2.41. The van der Waals surface area contributed by atoms with Crippen molar-refractivity contribution in [2.75, 3.05) is 21.3 Å². The Labute approximate surface area is 121 Å². The van der Waals surface area contributed by atoms with Crippen LogP contribution >= 0.6 is 22.9 Å². The lowest BCUT2D eigenvalue weighted by Crippen LogP contribution is -1.96. The highest BCUT2D eigenvalue weighted by molar-refractivity contribution is 7.10. The first-order valence-electron chi connectivity index (χ1n) is 5.68. The molecule has 1 unspecified atom stereocenters. The smallest absolute Gasteiger partial charge is 0.161 e. The van der Waals surface area contributed by atoms with E-state index in [1.807, 2.05) is 29.6 Å². The quantitative estimate of drug-likeness (QED) is 0.778. The Morgan fingerprint density at radius 3 is 2.26 bits per heavy atom. The zero-order valence-electron chi connectivity index (χ0n) is 11.0. The lowest BCUT2D eigenvalue weighted by molar-refractivity contribution is 0.354. The number of hydrogen-bond donors (Lipinski definition) is 0. The molecule has 0 aliphatic carbocycles. The molecule has 5 heteroatoms. The summed E-state index contributed by atoms with van der Waals surface area (Å²) in [5.41, 5.74) is 0.945. The standard InChI is InChI=1S/C14H15ClO3S/c1-16-10-5-4-9(8-12(10)18-3)13(15)14-11(17-2)6-7-19-14/h4-8,13H,1-3H3. The summed E-state index contributed by atoms with van der Waals surface area (Å²) in [7, 11) is 4.86. The lowest BCUT2D eigenvalue weighted by atomic mass is 10.1. The normalized spacial score (nSPS) is 12.0. The Hall–Kier alpha value is -1.39. The second kappa shape index (κ2) is 6.17. The van der Waals surface area contributed by atoms with E-state index in [1.165, 1.54) is 0 Å². The van der Waals surface area contributed by atoms with Crippen LogP contribution in [0.1, 0.15) is 15.8 Å². The van der Waals surface area contributed by atoms with Gasteiger partial charge in [-0.05, 0) is 29.1 Å². The van der Waals surface area contributed by atoms with Crippen LogP contribution in [-0.2, 0) is 0 Å². The van der Waals surface area contributed by atoms with Crippen LogP contribution in [0.2, 0.25) is 0 Å². The molecule has 0 radical (unpaired) electrons. The molecule has 0 spiro atoms. The zero-order chi connectivity index (χ0) is 13.8. The second-order valence-electron chi connectivity index (χ2n) is 3.83. The van der Waals surface area contributed by atoms with E-state index in [-0.39, 0.29) is 5.38 Å². The van der Waals surface area contributed by atoms with Crippen LogP contribution in [0.15, 0.2) is 29.6 Å². The van der Waals surface area contributed by atoms with E-state index in [2.05, 4.69) is 0 Å². The van der Waals surface area contributed by atoms with Crippen molar-refractivity contribution in [2.45, 2.75) is 5.38 Å². The second-order valence-corrected chi connectivity index (χ2v) is 5.21. The van der Waals surface area contributed by atoms with Gasteiger partial charge in [-0.2, -0.15) is 0 Å². The summed E-state index contributed by atoms with van der Waals surface area (Å²) in [6.45, 7) is 0. The van der Waals surface area contributed by atoms with Gasteiger partial charge in [0.2, 0.25) is 0 Å². The number of hydrogen-bond acceptors (Lipinski definition) is 4. The maximum absolute atomic E-state index is 6.52. The van der Waals surface area contributed by atoms with Crippen molar-refractivity contribution >= 4 is 22.9 Å². The summed E-state index contributed by atoms with van der Waals surface area (Å²) in [5, 5.41) is 1.69. The van der Waals surface area contributed by atoms with Crippen molar-refractivity contribution in [1.29, 1.82) is 0 Å². The van der Waals surface area contributed by atoms with Crippen molar-refractivity contribution in [2.24, 2.45) is 0 Å². The Kier molecular flexibility index (Phi) is 4.56. The van der Waals surface area contributed by atoms with E-state index in [4.69, 9.17) is 25.8 Å². The molecule has 0 amide bonds. The molecule has 19 heavy (non-hydrogen) atoms. The zero-order valence-corrected chi connectivity index (χ0v) is 12.5. The topological polar surface area (TPSA) is 27.7 Å². The summed E-state index contributed by atoms with van der Waals surface area (Å²) in [5.74, 6) is 2.16. The molecular formula is C14H15ClO3S. The van der Waals surface area contributed by atoms with E-state index in [0.717, 1.165) is 16.2 Å². The van der Waals surface area contributed by atoms with Crippen LogP contribution < -0.4 is 14.2 Å². The van der Waals surface area contributed by atoms with E-state index < -0.39 is 0 Å². The van der Waals surface area contributed by atoms with Crippen molar-refractivity contribution in [1.82, 2.24) is 0 Å². The van der Waals surface area contributed by atoms with Crippen LogP contribution in [0, 0.1) is 0 Å². The number of ether oxygens (including phenoxy) is 3. The van der Waals surface area contributed by atoms with E-state index in [9.17, 15) is 0 Å². The highest BCUT2D eigenvalue weighted by Gasteiger charge is 2.18. The number of rotatable bonds is 5. The first-order valence-corrected chi connectivity index (χ1v) is 7.00. The van der Waals surface area contributed by atoms with Crippen LogP contribution in [0.5, 0.6) is 17.2 Å². The maximum Gasteiger partial charge on any atom is 0.161 e. The molecule has 2 aromatic rings. The van der Waals surface area contributed by atoms with Crippen LogP contribution in [0.3, 0.4) is 0 Å². The molecule has 1 aromatic carbocycles. The first kappa shape index (κ1) is 14.0. The molecular weight excluding hydrogens is 284 g/mol. The van der Waals surface area contributed by atoms with Crippen molar-refractivity contribution in [3.8, 4) is 17.2 Å². The minimum atomic E-state index is -0.269. The highest BCUT2D eigenvalue weighted by atomic mass is 35.5. The number of methoxy groups -OCH3 is 3. The van der Waals surface area contributed by atoms with Gasteiger partial charge in [0.15, 0.2) is 11.5 Å². The van der Waals surface area contributed by atoms with Gasteiger partial charge in [0.05, 0.1) is 31.6 Å². The van der Waals surface area contributed by atoms with Gasteiger partial charge in [-0.1, -0.05) is 6.07 Å². The molecule has 1 aromatic heterocycles. The summed E-state index contributed by atoms with van der Waals surface area (Å²) >= 11 is 8.09. The third-order valence-electron chi connectivity index (χ3n) is 2.81. The Balaban J connectivity index is 2.36. The largest absolute Gasteiger partial charge is 0.496 e. The van der Waals surface area contributed by atoms with E-state index in [1.54, 1.807) is 32.7 Å². The molecule has 0 saturated carbocycles. The molecule has 3 nitrogen and oxygen atoms in total. The van der Waals surface area contributed by atoms with Crippen molar-refractivity contribution < 1.29 is 14.2 Å². The SMILES string of the molecule is COc1ccc(C(Cl)c2sccc2OC)cc1OC. The Morgan fingerprint density at radius 1 is 0.947 bits per heavy atom. The summed E-state index contributed by atoms with van der Waals surface area (Å²) < 4.78 is 15.8. The lowest BCUT2D eigenvalue weighted by Gasteiger charge is -2.13. The fourth-order valence-corrected chi connectivity index (χ4v) is 3.08. The molecule has 1 atom stereocenters. The predicted molar refractivity (Wildman–Crippen MR) is 78.1 cm³/mol. The molecule has 1 heterocycles. The minimum absolute atomic E-state index is 0.269. The Morgan fingerprint density at radius 2 is 1.63 bits per heavy atom. The third kappa shape index (κ3) is 2.80. The average molecular weight is 299 g/mol. The Bertz CT molecular complexity index is 553. The van der Waals surface area contributed by atoms with Crippen LogP contribution in [-0.4, -0.2) is 21.3 Å². The number of halogens is 1. The van der Waals surface area contributed by atoms with Gasteiger partial charge in [0.1, 0.15) is 5.75 Å². The molecule has 0 aliphatic heterocycles. The van der Waals surface area contributed by atoms with Gasteiger partial charge in [0, 0.05) is 0 Å². The van der Waals surface area contributed by atoms with Gasteiger partial charge >= 0.3 is 0 Å². The molecule has 0 aliphatic rings. The van der Waals surface area contributed by atoms with Gasteiger partial charge < -0.3 is 14.2 Å². The average Bonchev–Trinajstić information content (AvgIpc) is 2.94. The molecule has 102 valence electrons. The predicted octanol–water partition coefficient (Wildman–Crippen LogP) is 4.10. The number of benzene rings is 1. The van der Waals surface area contributed by atoms with Crippen molar-refractivity contribution in [3.05, 3.63) is 40.1 Å². The van der Waals surface area contributed by atoms with Gasteiger partial charge in [-0.25, -0.2) is 0 Å². The molecule has 0 saturated heterocycles. The van der Waals surface area contributed by atoms with Gasteiger partial charge in [0.25, 0.3) is 0 Å². The summed E-state index contributed by atoms with van der Waals surface area (Å²) in [4.78, 5) is 0.983.